The zero-order valence-electron chi connectivity index (χ0n) is 11.7. The summed E-state index contributed by atoms with van der Waals surface area (Å²) in [5.41, 5.74) is 0.697. The average molecular weight is 376 g/mol. The Balaban J connectivity index is 2.17. The topological polar surface area (TPSA) is 74.7 Å². The maximum absolute atomic E-state index is 12.5. The second-order valence-electron chi connectivity index (χ2n) is 5.41. The van der Waals surface area contributed by atoms with Gasteiger partial charge in [0.05, 0.1) is 11.7 Å². The fraction of sp³-hybridized carbons (Fsp3) is 0.500. The molecule has 0 spiro atoms. The van der Waals surface area contributed by atoms with Gasteiger partial charge in [-0.25, -0.2) is 8.42 Å². The van der Waals surface area contributed by atoms with Crippen molar-refractivity contribution in [3.8, 4) is 0 Å². The molecular formula is C14H18BrNO4S. The summed E-state index contributed by atoms with van der Waals surface area (Å²) >= 11 is 3.31. The number of hydrogen-bond donors (Lipinski definition) is 1. The van der Waals surface area contributed by atoms with Crippen LogP contribution >= 0.6 is 15.9 Å². The normalized spacial score (nSPS) is 23.9. The van der Waals surface area contributed by atoms with Gasteiger partial charge in [0.15, 0.2) is 0 Å². The number of sulfonamides is 1. The molecule has 116 valence electrons. The van der Waals surface area contributed by atoms with E-state index >= 15 is 0 Å². The maximum atomic E-state index is 12.5. The minimum atomic E-state index is -3.51. The fourth-order valence-corrected chi connectivity index (χ4v) is 4.64. The average Bonchev–Trinajstić information content (AvgIpc) is 2.41. The highest BCUT2D eigenvalue weighted by Crippen LogP contribution is 2.26. The first-order chi connectivity index (χ1) is 9.79. The van der Waals surface area contributed by atoms with E-state index < -0.39 is 21.9 Å². The van der Waals surface area contributed by atoms with E-state index in [1.807, 2.05) is 6.92 Å². The van der Waals surface area contributed by atoms with Gasteiger partial charge in [-0.15, -0.1) is 0 Å². The van der Waals surface area contributed by atoms with E-state index in [2.05, 4.69) is 15.9 Å². The van der Waals surface area contributed by atoms with Crippen LogP contribution in [0.25, 0.3) is 0 Å². The molecule has 0 amide bonds. The number of carbonyl (C=O) groups is 1. The summed E-state index contributed by atoms with van der Waals surface area (Å²) in [5.74, 6) is -1.64. The lowest BCUT2D eigenvalue weighted by Gasteiger charge is -2.35. The van der Waals surface area contributed by atoms with Crippen molar-refractivity contribution in [2.24, 2.45) is 5.92 Å². The highest BCUT2D eigenvalue weighted by Gasteiger charge is 2.36. The number of piperidine rings is 1. The molecule has 1 aromatic rings. The number of carboxylic acid groups (broad SMARTS) is 1. The molecule has 0 bridgehead atoms. The van der Waals surface area contributed by atoms with Gasteiger partial charge in [0.1, 0.15) is 0 Å². The Labute approximate surface area is 133 Å². The summed E-state index contributed by atoms with van der Waals surface area (Å²) in [6.07, 6.45) is 1.11. The zero-order valence-corrected chi connectivity index (χ0v) is 14.1. The van der Waals surface area contributed by atoms with Gasteiger partial charge in [0, 0.05) is 17.1 Å². The van der Waals surface area contributed by atoms with Crippen LogP contribution in [0, 0.1) is 5.92 Å². The van der Waals surface area contributed by atoms with Crippen LogP contribution < -0.4 is 0 Å². The van der Waals surface area contributed by atoms with E-state index in [9.17, 15) is 13.2 Å². The summed E-state index contributed by atoms with van der Waals surface area (Å²) in [6, 6.07) is 6.95. The lowest BCUT2D eigenvalue weighted by molar-refractivity contribution is -0.143. The van der Waals surface area contributed by atoms with Crippen molar-refractivity contribution >= 4 is 31.9 Å². The molecule has 0 saturated carbocycles. The Kier molecular flexibility index (Phi) is 5.06. The first-order valence-corrected chi connectivity index (χ1v) is 9.16. The van der Waals surface area contributed by atoms with Crippen LogP contribution in [-0.2, 0) is 20.6 Å². The lowest BCUT2D eigenvalue weighted by Crippen LogP contribution is -2.47. The molecule has 1 fully saturated rings. The largest absolute Gasteiger partial charge is 0.481 e. The minimum Gasteiger partial charge on any atom is -0.481 e. The van der Waals surface area contributed by atoms with Gasteiger partial charge >= 0.3 is 5.97 Å². The molecule has 0 aromatic heterocycles. The van der Waals surface area contributed by atoms with Crippen molar-refractivity contribution in [1.82, 2.24) is 4.31 Å². The Morgan fingerprint density at radius 2 is 1.95 bits per heavy atom. The Bertz CT molecular complexity index is 614. The van der Waals surface area contributed by atoms with Crippen molar-refractivity contribution < 1.29 is 18.3 Å². The summed E-state index contributed by atoms with van der Waals surface area (Å²) in [7, 11) is -3.51. The van der Waals surface area contributed by atoms with Crippen LogP contribution in [-0.4, -0.2) is 36.4 Å². The predicted octanol–water partition coefficient (Wildman–Crippen LogP) is 2.46. The molecule has 21 heavy (non-hydrogen) atoms. The Morgan fingerprint density at radius 3 is 2.52 bits per heavy atom. The van der Waals surface area contributed by atoms with Crippen LogP contribution in [0.2, 0.25) is 0 Å². The van der Waals surface area contributed by atoms with Gasteiger partial charge in [-0.2, -0.15) is 4.31 Å². The predicted molar refractivity (Wildman–Crippen MR) is 83.3 cm³/mol. The first kappa shape index (κ1) is 16.5. The van der Waals surface area contributed by atoms with E-state index in [0.29, 0.717) is 18.4 Å². The van der Waals surface area contributed by atoms with Crippen LogP contribution in [0.3, 0.4) is 0 Å². The number of carboxylic acids is 1. The van der Waals surface area contributed by atoms with E-state index in [0.717, 1.165) is 4.47 Å². The van der Waals surface area contributed by atoms with Crippen LogP contribution in [0.1, 0.15) is 25.3 Å². The van der Waals surface area contributed by atoms with Gasteiger partial charge in [-0.05, 0) is 37.5 Å². The molecule has 1 aliphatic rings. The Morgan fingerprint density at radius 1 is 1.33 bits per heavy atom. The minimum absolute atomic E-state index is 0.0648. The number of aliphatic carboxylic acids is 1. The third-order valence-corrected chi connectivity index (χ3v) is 6.24. The number of benzene rings is 1. The summed E-state index contributed by atoms with van der Waals surface area (Å²) < 4.78 is 27.3. The molecule has 1 aliphatic heterocycles. The third-order valence-electron chi connectivity index (χ3n) is 3.79. The first-order valence-electron chi connectivity index (χ1n) is 6.76. The van der Waals surface area contributed by atoms with Crippen molar-refractivity contribution in [3.05, 3.63) is 34.3 Å². The van der Waals surface area contributed by atoms with Crippen LogP contribution in [0.4, 0.5) is 0 Å². The van der Waals surface area contributed by atoms with Gasteiger partial charge in [0.2, 0.25) is 10.0 Å². The van der Waals surface area contributed by atoms with Crippen LogP contribution in [0.5, 0.6) is 0 Å². The second-order valence-corrected chi connectivity index (χ2v) is 8.25. The molecular weight excluding hydrogens is 358 g/mol. The molecule has 1 N–H and O–H groups in total. The van der Waals surface area contributed by atoms with Crippen LogP contribution in [0.15, 0.2) is 28.7 Å². The summed E-state index contributed by atoms with van der Waals surface area (Å²) in [6.45, 7) is 1.90. The molecule has 0 radical (unpaired) electrons. The van der Waals surface area contributed by atoms with Gasteiger partial charge in [0.25, 0.3) is 0 Å². The van der Waals surface area contributed by atoms with Gasteiger partial charge in [-0.1, -0.05) is 28.1 Å². The second kappa shape index (κ2) is 6.46. The van der Waals surface area contributed by atoms with Crippen molar-refractivity contribution in [1.29, 1.82) is 0 Å². The smallest absolute Gasteiger partial charge is 0.307 e. The third kappa shape index (κ3) is 4.05. The number of rotatable bonds is 4. The van der Waals surface area contributed by atoms with Gasteiger partial charge < -0.3 is 5.11 Å². The molecule has 2 rings (SSSR count). The van der Waals surface area contributed by atoms with E-state index in [4.69, 9.17) is 5.11 Å². The highest BCUT2D eigenvalue weighted by molar-refractivity contribution is 9.10. The van der Waals surface area contributed by atoms with Crippen molar-refractivity contribution in [2.45, 2.75) is 31.6 Å². The number of hydrogen-bond acceptors (Lipinski definition) is 3. The molecule has 2 atom stereocenters. The molecule has 1 aromatic carbocycles. The SMILES string of the molecule is CC1CCC(C(=O)O)CN1S(=O)(=O)Cc1ccc(Br)cc1. The monoisotopic (exact) mass is 375 g/mol. The van der Waals surface area contributed by atoms with Crippen molar-refractivity contribution in [3.63, 3.8) is 0 Å². The Hall–Kier alpha value is -0.920. The van der Waals surface area contributed by atoms with E-state index in [1.165, 1.54) is 4.31 Å². The molecule has 1 heterocycles. The molecule has 2 unspecified atom stereocenters. The van der Waals surface area contributed by atoms with E-state index in [-0.39, 0.29) is 18.3 Å². The van der Waals surface area contributed by atoms with Crippen molar-refractivity contribution in [2.75, 3.05) is 6.54 Å². The highest BCUT2D eigenvalue weighted by atomic mass is 79.9. The summed E-state index contributed by atoms with van der Waals surface area (Å²) in [4.78, 5) is 11.1. The molecule has 7 heteroatoms. The lowest BCUT2D eigenvalue weighted by atomic mass is 9.96. The molecule has 1 saturated heterocycles. The van der Waals surface area contributed by atoms with E-state index in [1.54, 1.807) is 24.3 Å². The fourth-order valence-electron chi connectivity index (χ4n) is 2.54. The quantitative estimate of drug-likeness (QED) is 0.876. The summed E-state index contributed by atoms with van der Waals surface area (Å²) in [5, 5.41) is 9.10. The number of nitrogens with zero attached hydrogens (tertiary/aromatic N) is 1. The zero-order chi connectivity index (χ0) is 15.6. The molecule has 0 aliphatic carbocycles. The molecule has 5 nitrogen and oxygen atoms in total. The number of halogens is 1. The maximum Gasteiger partial charge on any atom is 0.307 e. The van der Waals surface area contributed by atoms with Gasteiger partial charge in [-0.3, -0.25) is 4.79 Å². The standard InChI is InChI=1S/C14H18BrNO4S/c1-10-2-5-12(14(17)18)8-16(10)21(19,20)9-11-3-6-13(15)7-4-11/h3-4,6-7,10,12H,2,5,8-9H2,1H3,(H,17,18).